The largest absolute Gasteiger partial charge is 0.497 e. The van der Waals surface area contributed by atoms with Crippen molar-refractivity contribution in [2.24, 2.45) is 5.73 Å². The summed E-state index contributed by atoms with van der Waals surface area (Å²) in [5.41, 5.74) is 7.70. The molecule has 118 valence electrons. The van der Waals surface area contributed by atoms with Crippen molar-refractivity contribution in [3.05, 3.63) is 29.8 Å². The van der Waals surface area contributed by atoms with Gasteiger partial charge in [-0.25, -0.2) is 0 Å². The smallest absolute Gasteiger partial charge is 0.119 e. The third kappa shape index (κ3) is 4.19. The molecule has 1 fully saturated rings. The summed E-state index contributed by atoms with van der Waals surface area (Å²) in [6.07, 6.45) is 2.08. The number of nitrogens with zero attached hydrogens (tertiary/aromatic N) is 2. The van der Waals surface area contributed by atoms with Gasteiger partial charge >= 0.3 is 0 Å². The van der Waals surface area contributed by atoms with Crippen LogP contribution in [0, 0.1) is 0 Å². The van der Waals surface area contributed by atoms with Crippen molar-refractivity contribution >= 4 is 0 Å². The van der Waals surface area contributed by atoms with E-state index in [1.165, 1.54) is 5.56 Å². The SMILES string of the molecule is CCCC(N)(CN1CCN(C)CC1)c1cccc(OC)c1. The Morgan fingerprint density at radius 3 is 2.57 bits per heavy atom. The van der Waals surface area contributed by atoms with Gasteiger partial charge in [0.1, 0.15) is 5.75 Å². The second-order valence-corrected chi connectivity index (χ2v) is 6.22. The number of hydrogen-bond donors (Lipinski definition) is 1. The zero-order valence-corrected chi connectivity index (χ0v) is 13.6. The molecule has 1 aliphatic heterocycles. The normalized spacial score (nSPS) is 20.2. The fourth-order valence-electron chi connectivity index (χ4n) is 3.10. The van der Waals surface area contributed by atoms with Crippen molar-refractivity contribution in [2.45, 2.75) is 25.3 Å². The summed E-state index contributed by atoms with van der Waals surface area (Å²) in [5.74, 6) is 0.886. The third-order valence-corrected chi connectivity index (χ3v) is 4.44. The average Bonchev–Trinajstić information content (AvgIpc) is 2.50. The lowest BCUT2D eigenvalue weighted by Crippen LogP contribution is -2.53. The van der Waals surface area contributed by atoms with Gasteiger partial charge in [-0.3, -0.25) is 4.90 Å². The molecule has 1 aromatic rings. The number of nitrogens with two attached hydrogens (primary N) is 1. The molecule has 1 heterocycles. The minimum Gasteiger partial charge on any atom is -0.497 e. The molecule has 0 saturated carbocycles. The first-order valence-corrected chi connectivity index (χ1v) is 7.91. The average molecular weight is 291 g/mol. The van der Waals surface area contributed by atoms with E-state index >= 15 is 0 Å². The van der Waals surface area contributed by atoms with Crippen LogP contribution >= 0.6 is 0 Å². The van der Waals surface area contributed by atoms with Crippen LogP contribution in [0.3, 0.4) is 0 Å². The summed E-state index contributed by atoms with van der Waals surface area (Å²) in [4.78, 5) is 4.87. The van der Waals surface area contributed by atoms with E-state index in [0.717, 1.165) is 51.3 Å². The highest BCUT2D eigenvalue weighted by Gasteiger charge is 2.30. The number of benzene rings is 1. The van der Waals surface area contributed by atoms with Gasteiger partial charge in [0, 0.05) is 32.7 Å². The van der Waals surface area contributed by atoms with Crippen molar-refractivity contribution in [3.63, 3.8) is 0 Å². The molecule has 0 bridgehead atoms. The number of likely N-dealkylation sites (N-methyl/N-ethyl adjacent to an activating group) is 1. The predicted molar refractivity (Wildman–Crippen MR) is 87.7 cm³/mol. The highest BCUT2D eigenvalue weighted by atomic mass is 16.5. The van der Waals surface area contributed by atoms with Gasteiger partial charge in [-0.1, -0.05) is 25.5 Å². The third-order valence-electron chi connectivity index (χ3n) is 4.44. The molecule has 1 aliphatic rings. The first kappa shape index (κ1) is 16.3. The van der Waals surface area contributed by atoms with Crippen LogP contribution in [0.4, 0.5) is 0 Å². The highest BCUT2D eigenvalue weighted by molar-refractivity contribution is 5.33. The molecule has 0 spiro atoms. The maximum Gasteiger partial charge on any atom is 0.119 e. The van der Waals surface area contributed by atoms with E-state index < -0.39 is 0 Å². The van der Waals surface area contributed by atoms with Crippen LogP contribution in [0.15, 0.2) is 24.3 Å². The second kappa shape index (κ2) is 7.25. The lowest BCUT2D eigenvalue weighted by Gasteiger charge is -2.39. The molecule has 1 aromatic carbocycles. The fraction of sp³-hybridized carbons (Fsp3) is 0.647. The molecule has 0 amide bonds. The van der Waals surface area contributed by atoms with E-state index in [9.17, 15) is 0 Å². The monoisotopic (exact) mass is 291 g/mol. The van der Waals surface area contributed by atoms with Crippen LogP contribution in [0.1, 0.15) is 25.3 Å². The molecular weight excluding hydrogens is 262 g/mol. The van der Waals surface area contributed by atoms with E-state index in [1.54, 1.807) is 7.11 Å². The summed E-state index contributed by atoms with van der Waals surface area (Å²) < 4.78 is 5.36. The van der Waals surface area contributed by atoms with Crippen LogP contribution in [0.5, 0.6) is 5.75 Å². The molecule has 1 atom stereocenters. The van der Waals surface area contributed by atoms with Gasteiger partial charge in [0.05, 0.1) is 12.6 Å². The Balaban J connectivity index is 2.14. The van der Waals surface area contributed by atoms with Gasteiger partial charge < -0.3 is 15.4 Å². The summed E-state index contributed by atoms with van der Waals surface area (Å²) >= 11 is 0. The van der Waals surface area contributed by atoms with Gasteiger partial charge in [0.2, 0.25) is 0 Å². The van der Waals surface area contributed by atoms with Crippen molar-refractivity contribution in [1.82, 2.24) is 9.80 Å². The van der Waals surface area contributed by atoms with Gasteiger partial charge in [0.25, 0.3) is 0 Å². The minimum absolute atomic E-state index is 0.292. The standard InChI is InChI=1S/C17H29N3O/c1-4-8-17(18,14-20-11-9-19(2)10-12-20)15-6-5-7-16(13-15)21-3/h5-7,13H,4,8-12,14,18H2,1-3H3. The van der Waals surface area contributed by atoms with Gasteiger partial charge in [-0.2, -0.15) is 0 Å². The van der Waals surface area contributed by atoms with Gasteiger partial charge in [-0.05, 0) is 31.2 Å². The van der Waals surface area contributed by atoms with Crippen molar-refractivity contribution in [3.8, 4) is 5.75 Å². The van der Waals surface area contributed by atoms with Crippen LogP contribution < -0.4 is 10.5 Å². The molecule has 0 radical (unpaired) electrons. The van der Waals surface area contributed by atoms with Crippen LogP contribution in [0.25, 0.3) is 0 Å². The minimum atomic E-state index is -0.292. The molecule has 1 unspecified atom stereocenters. The Labute approximate surface area is 128 Å². The summed E-state index contributed by atoms with van der Waals surface area (Å²) in [5, 5.41) is 0. The highest BCUT2D eigenvalue weighted by Crippen LogP contribution is 2.28. The van der Waals surface area contributed by atoms with E-state index in [0.29, 0.717) is 0 Å². The van der Waals surface area contributed by atoms with E-state index in [-0.39, 0.29) is 5.54 Å². The molecule has 0 aromatic heterocycles. The molecule has 4 heteroatoms. The van der Waals surface area contributed by atoms with E-state index in [4.69, 9.17) is 10.5 Å². The Bertz CT molecular complexity index is 443. The van der Waals surface area contributed by atoms with Crippen LogP contribution in [-0.2, 0) is 5.54 Å². The fourth-order valence-corrected chi connectivity index (χ4v) is 3.10. The Hall–Kier alpha value is -1.10. The summed E-state index contributed by atoms with van der Waals surface area (Å²) in [7, 11) is 3.89. The zero-order valence-electron chi connectivity index (χ0n) is 13.6. The molecule has 4 nitrogen and oxygen atoms in total. The maximum atomic E-state index is 6.81. The summed E-state index contributed by atoms with van der Waals surface area (Å²) in [6.45, 7) is 7.57. The Morgan fingerprint density at radius 1 is 1.24 bits per heavy atom. The van der Waals surface area contributed by atoms with Gasteiger partial charge in [-0.15, -0.1) is 0 Å². The molecular formula is C17H29N3O. The summed E-state index contributed by atoms with van der Waals surface area (Å²) in [6, 6.07) is 8.24. The Kier molecular flexibility index (Phi) is 5.62. The van der Waals surface area contributed by atoms with Crippen LogP contribution in [0.2, 0.25) is 0 Å². The maximum absolute atomic E-state index is 6.81. The first-order chi connectivity index (χ1) is 10.1. The van der Waals surface area contributed by atoms with E-state index in [1.807, 2.05) is 12.1 Å². The number of rotatable bonds is 6. The first-order valence-electron chi connectivity index (χ1n) is 7.91. The van der Waals surface area contributed by atoms with E-state index in [2.05, 4.69) is 35.9 Å². The van der Waals surface area contributed by atoms with Crippen LogP contribution in [-0.4, -0.2) is 56.7 Å². The number of piperazine rings is 1. The second-order valence-electron chi connectivity index (χ2n) is 6.22. The lowest BCUT2D eigenvalue weighted by molar-refractivity contribution is 0.122. The van der Waals surface area contributed by atoms with Gasteiger partial charge in [0.15, 0.2) is 0 Å². The molecule has 2 N–H and O–H groups in total. The Morgan fingerprint density at radius 2 is 1.95 bits per heavy atom. The molecule has 21 heavy (non-hydrogen) atoms. The quantitative estimate of drug-likeness (QED) is 0.869. The topological polar surface area (TPSA) is 41.7 Å². The number of methoxy groups -OCH3 is 1. The van der Waals surface area contributed by atoms with Crippen molar-refractivity contribution in [2.75, 3.05) is 46.9 Å². The predicted octanol–water partition coefficient (Wildman–Crippen LogP) is 1.90. The lowest BCUT2D eigenvalue weighted by atomic mass is 9.85. The van der Waals surface area contributed by atoms with Crippen molar-refractivity contribution < 1.29 is 4.74 Å². The number of hydrogen-bond acceptors (Lipinski definition) is 4. The zero-order chi connectivity index (χ0) is 15.3. The molecule has 0 aliphatic carbocycles. The van der Waals surface area contributed by atoms with Crippen molar-refractivity contribution in [1.29, 1.82) is 0 Å². The molecule has 2 rings (SSSR count). The number of ether oxygens (including phenoxy) is 1. The molecule has 1 saturated heterocycles.